The fraction of sp³-hybridized carbons (Fsp3) is 0.133. The molecule has 2 aromatic heterocycles. The fourth-order valence-corrected chi connectivity index (χ4v) is 2.64. The van der Waals surface area contributed by atoms with Gasteiger partial charge in [0.25, 0.3) is 0 Å². The van der Waals surface area contributed by atoms with Gasteiger partial charge in [-0.2, -0.15) is 0 Å². The monoisotopic (exact) mass is 298 g/mol. The van der Waals surface area contributed by atoms with Crippen LogP contribution < -0.4 is 5.73 Å². The van der Waals surface area contributed by atoms with Crippen LogP contribution in [0.4, 0.5) is 5.69 Å². The summed E-state index contributed by atoms with van der Waals surface area (Å²) in [5.41, 5.74) is 8.59. The van der Waals surface area contributed by atoms with Gasteiger partial charge in [-0.1, -0.05) is 17.7 Å². The molecule has 106 valence electrons. The summed E-state index contributed by atoms with van der Waals surface area (Å²) in [6.45, 7) is 2.03. The van der Waals surface area contributed by atoms with Gasteiger partial charge in [0.1, 0.15) is 0 Å². The molecule has 0 radical (unpaired) electrons. The van der Waals surface area contributed by atoms with E-state index in [-0.39, 0.29) is 0 Å². The molecule has 3 aromatic rings. The van der Waals surface area contributed by atoms with Gasteiger partial charge in [-0.05, 0) is 25.1 Å². The van der Waals surface area contributed by atoms with Gasteiger partial charge in [0.2, 0.25) is 11.8 Å². The van der Waals surface area contributed by atoms with Gasteiger partial charge in [0, 0.05) is 16.7 Å². The Hall–Kier alpha value is -2.34. The number of hydrogen-bond donors (Lipinski definition) is 1. The van der Waals surface area contributed by atoms with Crippen molar-refractivity contribution in [2.45, 2.75) is 17.6 Å². The number of rotatable bonds is 4. The molecule has 0 fully saturated rings. The molecule has 0 aliphatic rings. The minimum atomic E-state index is 0.539. The normalized spacial score (nSPS) is 10.7. The molecule has 3 rings (SSSR count). The summed E-state index contributed by atoms with van der Waals surface area (Å²) >= 11 is 1.55. The predicted molar refractivity (Wildman–Crippen MR) is 82.7 cm³/mol. The van der Waals surface area contributed by atoms with E-state index in [2.05, 4.69) is 15.2 Å². The number of nitrogens with two attached hydrogens (primary N) is 1. The SMILES string of the molecule is Cc1cccc(-c2nnc(CSc3ccncc3N)o2)c1. The first-order valence-electron chi connectivity index (χ1n) is 6.44. The van der Waals surface area contributed by atoms with Crippen LogP contribution in [0.1, 0.15) is 11.5 Å². The van der Waals surface area contributed by atoms with Crippen molar-refractivity contribution in [1.29, 1.82) is 0 Å². The molecule has 0 saturated carbocycles. The molecule has 0 spiro atoms. The molecule has 1 aromatic carbocycles. The lowest BCUT2D eigenvalue weighted by molar-refractivity contribution is 0.528. The van der Waals surface area contributed by atoms with E-state index in [1.165, 1.54) is 0 Å². The summed E-state index contributed by atoms with van der Waals surface area (Å²) in [5.74, 6) is 1.69. The van der Waals surface area contributed by atoms with Crippen molar-refractivity contribution in [3.63, 3.8) is 0 Å². The molecule has 0 aliphatic carbocycles. The second-order valence-electron chi connectivity index (χ2n) is 4.57. The topological polar surface area (TPSA) is 77.8 Å². The lowest BCUT2D eigenvalue weighted by atomic mass is 10.1. The quantitative estimate of drug-likeness (QED) is 0.744. The minimum absolute atomic E-state index is 0.539. The van der Waals surface area contributed by atoms with Gasteiger partial charge in [-0.25, -0.2) is 0 Å². The Morgan fingerprint density at radius 2 is 2.14 bits per heavy atom. The number of aromatic nitrogens is 3. The molecule has 0 unspecified atom stereocenters. The predicted octanol–water partition coefficient (Wildman–Crippen LogP) is 3.31. The average Bonchev–Trinajstić information content (AvgIpc) is 2.95. The number of thioether (sulfide) groups is 1. The Balaban J connectivity index is 1.72. The first kappa shape index (κ1) is 13.6. The van der Waals surface area contributed by atoms with Crippen LogP contribution in [0.25, 0.3) is 11.5 Å². The number of pyridine rings is 1. The highest BCUT2D eigenvalue weighted by atomic mass is 32.2. The van der Waals surface area contributed by atoms with Crippen molar-refractivity contribution in [3.8, 4) is 11.5 Å². The van der Waals surface area contributed by atoms with E-state index in [1.807, 2.05) is 37.3 Å². The van der Waals surface area contributed by atoms with Crippen LogP contribution >= 0.6 is 11.8 Å². The van der Waals surface area contributed by atoms with Gasteiger partial charge in [-0.3, -0.25) is 4.98 Å². The molecule has 21 heavy (non-hydrogen) atoms. The summed E-state index contributed by atoms with van der Waals surface area (Å²) in [5, 5.41) is 8.16. The van der Waals surface area contributed by atoms with Crippen molar-refractivity contribution in [3.05, 3.63) is 54.2 Å². The van der Waals surface area contributed by atoms with Crippen molar-refractivity contribution >= 4 is 17.4 Å². The van der Waals surface area contributed by atoms with E-state index in [4.69, 9.17) is 10.2 Å². The Labute approximate surface area is 126 Å². The van der Waals surface area contributed by atoms with Gasteiger partial charge < -0.3 is 10.2 Å². The molecule has 0 aliphatic heterocycles. The number of benzene rings is 1. The minimum Gasteiger partial charge on any atom is -0.420 e. The van der Waals surface area contributed by atoms with Crippen LogP contribution in [0.2, 0.25) is 0 Å². The number of anilines is 1. The van der Waals surface area contributed by atoms with Crippen LogP contribution in [-0.4, -0.2) is 15.2 Å². The van der Waals surface area contributed by atoms with Crippen LogP contribution in [0.5, 0.6) is 0 Å². The van der Waals surface area contributed by atoms with E-state index >= 15 is 0 Å². The van der Waals surface area contributed by atoms with E-state index in [0.717, 1.165) is 16.0 Å². The Bertz CT molecular complexity index is 757. The zero-order chi connectivity index (χ0) is 14.7. The summed E-state index contributed by atoms with van der Waals surface area (Å²) in [4.78, 5) is 4.92. The van der Waals surface area contributed by atoms with Crippen LogP contribution in [-0.2, 0) is 5.75 Å². The molecular formula is C15H14N4OS. The van der Waals surface area contributed by atoms with Crippen LogP contribution in [0, 0.1) is 6.92 Å². The lowest BCUT2D eigenvalue weighted by Gasteiger charge is -2.01. The smallest absolute Gasteiger partial charge is 0.247 e. The van der Waals surface area contributed by atoms with E-state index in [9.17, 15) is 0 Å². The van der Waals surface area contributed by atoms with Crippen LogP contribution in [0.3, 0.4) is 0 Å². The summed E-state index contributed by atoms with van der Waals surface area (Å²) in [6, 6.07) is 9.85. The van der Waals surface area contributed by atoms with Gasteiger partial charge in [-0.15, -0.1) is 22.0 Å². The number of nitrogens with zero attached hydrogens (tertiary/aromatic N) is 3. The van der Waals surface area contributed by atoms with Gasteiger partial charge in [0.15, 0.2) is 0 Å². The second kappa shape index (κ2) is 5.97. The Kier molecular flexibility index (Phi) is 3.87. The number of aryl methyl sites for hydroxylation is 1. The van der Waals surface area contributed by atoms with E-state index in [0.29, 0.717) is 23.2 Å². The third kappa shape index (κ3) is 3.22. The maximum Gasteiger partial charge on any atom is 0.247 e. The molecule has 6 heteroatoms. The fourth-order valence-electron chi connectivity index (χ4n) is 1.87. The van der Waals surface area contributed by atoms with Crippen molar-refractivity contribution in [1.82, 2.24) is 15.2 Å². The molecule has 0 amide bonds. The maximum atomic E-state index is 5.85. The molecule has 0 saturated heterocycles. The van der Waals surface area contributed by atoms with E-state index < -0.39 is 0 Å². The standard InChI is InChI=1S/C15H14N4OS/c1-10-3-2-4-11(7-10)15-19-18-14(20-15)9-21-13-5-6-17-8-12(13)16/h2-8H,9,16H2,1H3. The van der Waals surface area contributed by atoms with Crippen molar-refractivity contribution in [2.24, 2.45) is 0 Å². The number of nitrogen functional groups attached to an aromatic ring is 1. The average molecular weight is 298 g/mol. The third-order valence-electron chi connectivity index (χ3n) is 2.89. The lowest BCUT2D eigenvalue weighted by Crippen LogP contribution is -1.89. The van der Waals surface area contributed by atoms with E-state index in [1.54, 1.807) is 24.2 Å². The summed E-state index contributed by atoms with van der Waals surface area (Å²) in [7, 11) is 0. The molecule has 5 nitrogen and oxygen atoms in total. The van der Waals surface area contributed by atoms with Gasteiger partial charge >= 0.3 is 0 Å². The highest BCUT2D eigenvalue weighted by Gasteiger charge is 2.09. The van der Waals surface area contributed by atoms with Crippen LogP contribution in [0.15, 0.2) is 52.0 Å². The highest BCUT2D eigenvalue weighted by molar-refractivity contribution is 7.98. The summed E-state index contributed by atoms with van der Waals surface area (Å²) < 4.78 is 5.69. The number of hydrogen-bond acceptors (Lipinski definition) is 6. The molecule has 2 heterocycles. The first-order valence-corrected chi connectivity index (χ1v) is 7.42. The molecule has 0 atom stereocenters. The van der Waals surface area contributed by atoms with Crippen molar-refractivity contribution in [2.75, 3.05) is 5.73 Å². The molecule has 2 N–H and O–H groups in total. The third-order valence-corrected chi connectivity index (χ3v) is 3.97. The first-order chi connectivity index (χ1) is 10.2. The van der Waals surface area contributed by atoms with Gasteiger partial charge in [0.05, 0.1) is 17.6 Å². The Morgan fingerprint density at radius 3 is 2.95 bits per heavy atom. The summed E-state index contributed by atoms with van der Waals surface area (Å²) in [6.07, 6.45) is 3.35. The zero-order valence-electron chi connectivity index (χ0n) is 11.5. The molecule has 0 bridgehead atoms. The van der Waals surface area contributed by atoms with Crippen molar-refractivity contribution < 1.29 is 4.42 Å². The second-order valence-corrected chi connectivity index (χ2v) is 5.59. The Morgan fingerprint density at radius 1 is 1.24 bits per heavy atom. The molecular weight excluding hydrogens is 284 g/mol. The highest BCUT2D eigenvalue weighted by Crippen LogP contribution is 2.27. The largest absolute Gasteiger partial charge is 0.420 e. The maximum absolute atomic E-state index is 5.85. The zero-order valence-corrected chi connectivity index (χ0v) is 12.3.